The lowest BCUT2D eigenvalue weighted by Gasteiger charge is -2.17. The summed E-state index contributed by atoms with van der Waals surface area (Å²) in [6, 6.07) is 28.3. The van der Waals surface area contributed by atoms with Gasteiger partial charge in [-0.25, -0.2) is 0 Å². The first-order chi connectivity index (χ1) is 14.3. The maximum absolute atomic E-state index is 3.45. The minimum atomic E-state index is 0.216. The van der Waals surface area contributed by atoms with Crippen LogP contribution in [0.3, 0.4) is 0 Å². The molecule has 29 heavy (non-hydrogen) atoms. The normalized spacial score (nSPS) is 14.4. The lowest BCUT2D eigenvalue weighted by Crippen LogP contribution is -2.33. The van der Waals surface area contributed by atoms with E-state index in [1.54, 1.807) is 0 Å². The third-order valence-electron chi connectivity index (χ3n) is 5.42. The molecular weight excluding hydrogens is 352 g/mol. The van der Waals surface area contributed by atoms with Gasteiger partial charge in [0.05, 0.1) is 0 Å². The lowest BCUT2D eigenvalue weighted by molar-refractivity contribution is 0.460. The summed E-state index contributed by atoms with van der Waals surface area (Å²) < 4.78 is 0. The Morgan fingerprint density at radius 3 is 2.45 bits per heavy atom. The van der Waals surface area contributed by atoms with E-state index in [1.807, 2.05) is 0 Å². The molecule has 0 aromatic heterocycles. The van der Waals surface area contributed by atoms with Crippen molar-refractivity contribution >= 4 is 5.57 Å². The quantitative estimate of drug-likeness (QED) is 0.461. The molecule has 146 valence electrons. The van der Waals surface area contributed by atoms with Crippen LogP contribution in [0.25, 0.3) is 16.7 Å². The zero-order chi connectivity index (χ0) is 19.9. The third-order valence-corrected chi connectivity index (χ3v) is 5.42. The first kappa shape index (κ1) is 19.4. The van der Waals surface area contributed by atoms with Crippen molar-refractivity contribution in [3.63, 3.8) is 0 Å². The maximum Gasteiger partial charge on any atom is 0.0434 e. The Bertz CT molecular complexity index is 1000. The van der Waals surface area contributed by atoms with Gasteiger partial charge in [-0.2, -0.15) is 0 Å². The van der Waals surface area contributed by atoms with Gasteiger partial charge in [0.25, 0.3) is 0 Å². The summed E-state index contributed by atoms with van der Waals surface area (Å²) in [6.45, 7) is 2.98. The van der Waals surface area contributed by atoms with Crippen LogP contribution >= 0.6 is 0 Å². The third kappa shape index (κ3) is 5.11. The topological polar surface area (TPSA) is 24.1 Å². The van der Waals surface area contributed by atoms with E-state index >= 15 is 0 Å². The minimum absolute atomic E-state index is 0.216. The molecule has 0 bridgehead atoms. The van der Waals surface area contributed by atoms with Crippen LogP contribution in [-0.2, 0) is 6.54 Å². The Kier molecular flexibility index (Phi) is 6.35. The van der Waals surface area contributed by atoms with E-state index in [0.717, 1.165) is 19.4 Å². The summed E-state index contributed by atoms with van der Waals surface area (Å²) in [5.74, 6) is 0. The molecule has 3 aromatic rings. The fourth-order valence-corrected chi connectivity index (χ4v) is 3.73. The second-order valence-electron chi connectivity index (χ2n) is 7.57. The van der Waals surface area contributed by atoms with Crippen LogP contribution in [0.2, 0.25) is 0 Å². The second kappa shape index (κ2) is 9.51. The van der Waals surface area contributed by atoms with Gasteiger partial charge in [0.15, 0.2) is 0 Å². The van der Waals surface area contributed by atoms with Crippen molar-refractivity contribution in [1.29, 1.82) is 0 Å². The molecule has 1 atom stereocenters. The van der Waals surface area contributed by atoms with Gasteiger partial charge in [-0.15, -0.1) is 0 Å². The van der Waals surface area contributed by atoms with Gasteiger partial charge in [0.1, 0.15) is 0 Å². The smallest absolute Gasteiger partial charge is 0.0434 e. The number of nitrogens with one attached hydrogen (secondary N) is 2. The fraction of sp³-hybridized carbons (Fsp3) is 0.185. The Morgan fingerprint density at radius 2 is 1.62 bits per heavy atom. The maximum atomic E-state index is 3.45. The molecule has 0 amide bonds. The summed E-state index contributed by atoms with van der Waals surface area (Å²) in [5, 5.41) is 0. The average Bonchev–Trinajstić information content (AvgIpc) is 2.80. The Hall–Kier alpha value is -2.94. The van der Waals surface area contributed by atoms with E-state index in [0.29, 0.717) is 0 Å². The van der Waals surface area contributed by atoms with E-state index in [1.165, 1.54) is 33.4 Å². The van der Waals surface area contributed by atoms with Crippen LogP contribution in [0.1, 0.15) is 42.5 Å². The number of benzene rings is 3. The molecule has 2 N–H and O–H groups in total. The minimum Gasteiger partial charge on any atom is -0.253 e. The van der Waals surface area contributed by atoms with Crippen molar-refractivity contribution < 1.29 is 0 Å². The number of hydrazine groups is 1. The standard InChI is InChI=1S/C27H28N2/c1-21(25-15-9-17-27(19-25)24-13-6-3-7-14-24)29-28-20-22-10-8-16-26(18-22)23-11-4-2-5-12-23/h2-4,6-11,13-19,21,28-29H,5,12,20H2,1H3. The van der Waals surface area contributed by atoms with Crippen molar-refractivity contribution in [3.8, 4) is 11.1 Å². The van der Waals surface area contributed by atoms with Crippen LogP contribution in [-0.4, -0.2) is 0 Å². The molecule has 0 aliphatic heterocycles. The van der Waals surface area contributed by atoms with Crippen LogP contribution < -0.4 is 10.9 Å². The zero-order valence-corrected chi connectivity index (χ0v) is 16.9. The summed E-state index contributed by atoms with van der Waals surface area (Å²) in [4.78, 5) is 0. The van der Waals surface area contributed by atoms with Crippen molar-refractivity contribution in [3.05, 3.63) is 114 Å². The van der Waals surface area contributed by atoms with Crippen LogP contribution in [0.15, 0.2) is 97.1 Å². The highest BCUT2D eigenvalue weighted by Crippen LogP contribution is 2.25. The average molecular weight is 381 g/mol. The van der Waals surface area contributed by atoms with E-state index in [-0.39, 0.29) is 6.04 Å². The van der Waals surface area contributed by atoms with Gasteiger partial charge in [0.2, 0.25) is 0 Å². The molecule has 0 heterocycles. The molecule has 4 rings (SSSR count). The van der Waals surface area contributed by atoms with Crippen molar-refractivity contribution in [1.82, 2.24) is 10.9 Å². The Labute approximate surface area is 174 Å². The highest BCUT2D eigenvalue weighted by Gasteiger charge is 2.07. The molecule has 1 aliphatic rings. The van der Waals surface area contributed by atoms with Crippen LogP contribution in [0.5, 0.6) is 0 Å². The molecule has 0 saturated heterocycles. The predicted molar refractivity (Wildman–Crippen MR) is 123 cm³/mol. The fourth-order valence-electron chi connectivity index (χ4n) is 3.73. The predicted octanol–water partition coefficient (Wildman–Crippen LogP) is 6.44. The van der Waals surface area contributed by atoms with Crippen molar-refractivity contribution in [2.75, 3.05) is 0 Å². The lowest BCUT2D eigenvalue weighted by atomic mass is 9.96. The molecule has 1 aliphatic carbocycles. The molecule has 0 radical (unpaired) electrons. The summed E-state index contributed by atoms with van der Waals surface area (Å²) in [5.41, 5.74) is 14.7. The van der Waals surface area contributed by atoms with E-state index in [2.05, 4.69) is 115 Å². The Morgan fingerprint density at radius 1 is 0.828 bits per heavy atom. The number of rotatable bonds is 7. The van der Waals surface area contributed by atoms with Gasteiger partial charge in [-0.3, -0.25) is 10.9 Å². The van der Waals surface area contributed by atoms with E-state index < -0.39 is 0 Å². The number of hydrogen-bond acceptors (Lipinski definition) is 2. The molecular formula is C27H28N2. The first-order valence-corrected chi connectivity index (χ1v) is 10.4. The zero-order valence-electron chi connectivity index (χ0n) is 16.9. The monoisotopic (exact) mass is 380 g/mol. The summed E-state index contributed by atoms with van der Waals surface area (Å²) in [6.07, 6.45) is 8.88. The van der Waals surface area contributed by atoms with E-state index in [9.17, 15) is 0 Å². The largest absolute Gasteiger partial charge is 0.253 e. The van der Waals surface area contributed by atoms with Crippen molar-refractivity contribution in [2.45, 2.75) is 32.4 Å². The summed E-state index contributed by atoms with van der Waals surface area (Å²) >= 11 is 0. The molecule has 0 fully saturated rings. The van der Waals surface area contributed by atoms with Crippen molar-refractivity contribution in [2.24, 2.45) is 0 Å². The van der Waals surface area contributed by atoms with Gasteiger partial charge in [0, 0.05) is 12.6 Å². The molecule has 1 unspecified atom stereocenters. The molecule has 2 nitrogen and oxygen atoms in total. The molecule has 3 aromatic carbocycles. The van der Waals surface area contributed by atoms with Gasteiger partial charge >= 0.3 is 0 Å². The first-order valence-electron chi connectivity index (χ1n) is 10.4. The molecule has 2 heteroatoms. The van der Waals surface area contributed by atoms with E-state index in [4.69, 9.17) is 0 Å². The molecule has 0 spiro atoms. The number of hydrogen-bond donors (Lipinski definition) is 2. The summed E-state index contributed by atoms with van der Waals surface area (Å²) in [7, 11) is 0. The SMILES string of the molecule is CC(NNCc1cccc(C2=CC=CCC2)c1)c1cccc(-c2ccccc2)c1. The number of allylic oxidation sites excluding steroid dienone is 4. The highest BCUT2D eigenvalue weighted by atomic mass is 15.4. The molecule has 0 saturated carbocycles. The highest BCUT2D eigenvalue weighted by molar-refractivity contribution is 5.68. The second-order valence-corrected chi connectivity index (χ2v) is 7.57. The van der Waals surface area contributed by atoms with Gasteiger partial charge in [-0.05, 0) is 59.2 Å². The van der Waals surface area contributed by atoms with Gasteiger partial charge in [-0.1, -0.05) is 91.0 Å². The van der Waals surface area contributed by atoms with Gasteiger partial charge < -0.3 is 0 Å². The Balaban J connectivity index is 1.36. The van der Waals surface area contributed by atoms with Crippen LogP contribution in [0, 0.1) is 0 Å². The van der Waals surface area contributed by atoms with Crippen LogP contribution in [0.4, 0.5) is 0 Å².